The molecule has 2 aromatic rings. The molecule has 0 spiro atoms. The van der Waals surface area contributed by atoms with Gasteiger partial charge in [-0.2, -0.15) is 9.57 Å². The van der Waals surface area contributed by atoms with Crippen molar-refractivity contribution in [3.05, 3.63) is 71.3 Å². The maximum Gasteiger partial charge on any atom is 0.218 e. The number of nitrogens with two attached hydrogens (primary N) is 1. The third-order valence-corrected chi connectivity index (χ3v) is 5.44. The van der Waals surface area contributed by atoms with Crippen LogP contribution in [-0.2, 0) is 22.3 Å². The molecule has 2 rings (SSSR count). The van der Waals surface area contributed by atoms with E-state index in [2.05, 4.69) is 0 Å². The van der Waals surface area contributed by atoms with Crippen LogP contribution in [0, 0.1) is 11.3 Å². The second-order valence-electron chi connectivity index (χ2n) is 5.53. The summed E-state index contributed by atoms with van der Waals surface area (Å²) in [5.74, 6) is -0.0872. The predicted octanol–water partition coefficient (Wildman–Crippen LogP) is 2.24. The van der Waals surface area contributed by atoms with Crippen molar-refractivity contribution in [1.82, 2.24) is 4.31 Å². The minimum atomic E-state index is -3.47. The molecule has 0 aliphatic rings. The van der Waals surface area contributed by atoms with Gasteiger partial charge in [0.2, 0.25) is 10.0 Å². The quantitative estimate of drug-likeness (QED) is 0.796. The van der Waals surface area contributed by atoms with Crippen LogP contribution in [0.5, 0.6) is 0 Å². The number of rotatable bonds is 8. The molecule has 0 amide bonds. The van der Waals surface area contributed by atoms with Crippen molar-refractivity contribution in [3.8, 4) is 6.07 Å². The van der Waals surface area contributed by atoms with E-state index in [9.17, 15) is 8.42 Å². The third-order valence-electron chi connectivity index (χ3n) is 3.64. The fraction of sp³-hybridized carbons (Fsp3) is 0.278. The molecule has 0 unspecified atom stereocenters. The summed E-state index contributed by atoms with van der Waals surface area (Å²) in [6, 6.07) is 18.2. The minimum Gasteiger partial charge on any atom is -0.330 e. The highest BCUT2D eigenvalue weighted by Gasteiger charge is 2.22. The fourth-order valence-electron chi connectivity index (χ4n) is 2.35. The van der Waals surface area contributed by atoms with Crippen molar-refractivity contribution in [2.45, 2.75) is 18.7 Å². The van der Waals surface area contributed by atoms with Crippen LogP contribution in [0.15, 0.2) is 54.6 Å². The molecule has 5 nitrogen and oxygen atoms in total. The molecular formula is C18H21N3O2S. The second-order valence-corrected chi connectivity index (χ2v) is 7.50. The molecule has 0 heterocycles. The molecule has 2 aromatic carbocycles. The molecule has 0 atom stereocenters. The number of hydrogen-bond acceptors (Lipinski definition) is 4. The Morgan fingerprint density at radius 1 is 1.00 bits per heavy atom. The summed E-state index contributed by atoms with van der Waals surface area (Å²) in [5, 5.41) is 8.82. The summed E-state index contributed by atoms with van der Waals surface area (Å²) in [6.45, 7) is 1.17. The molecule has 0 aromatic heterocycles. The Kier molecular flexibility index (Phi) is 6.50. The molecule has 0 fully saturated rings. The summed E-state index contributed by atoms with van der Waals surface area (Å²) < 4.78 is 27.0. The fourth-order valence-corrected chi connectivity index (χ4v) is 3.90. The van der Waals surface area contributed by atoms with Crippen LogP contribution in [0.1, 0.15) is 23.1 Å². The molecule has 0 saturated carbocycles. The average Bonchev–Trinajstić information content (AvgIpc) is 2.59. The Hall–Kier alpha value is -2.20. The van der Waals surface area contributed by atoms with E-state index in [1.807, 2.05) is 36.4 Å². The molecule has 6 heteroatoms. The zero-order valence-corrected chi connectivity index (χ0v) is 14.2. The first-order chi connectivity index (χ1) is 11.5. The monoisotopic (exact) mass is 343 g/mol. The number of nitrogens with zero attached hydrogens (tertiary/aromatic N) is 2. The third kappa shape index (κ3) is 5.17. The molecule has 0 aliphatic carbocycles. The lowest BCUT2D eigenvalue weighted by Crippen LogP contribution is -2.33. The van der Waals surface area contributed by atoms with E-state index in [4.69, 9.17) is 11.0 Å². The van der Waals surface area contributed by atoms with E-state index in [0.29, 0.717) is 37.2 Å². The largest absolute Gasteiger partial charge is 0.330 e. The van der Waals surface area contributed by atoms with Crippen LogP contribution in [-0.4, -0.2) is 25.8 Å². The van der Waals surface area contributed by atoms with Crippen LogP contribution < -0.4 is 5.73 Å². The van der Waals surface area contributed by atoms with E-state index in [1.54, 1.807) is 24.3 Å². The summed E-state index contributed by atoms with van der Waals surface area (Å²) in [7, 11) is -3.47. The molecule has 0 radical (unpaired) electrons. The lowest BCUT2D eigenvalue weighted by Gasteiger charge is -2.22. The maximum atomic E-state index is 12.8. The Morgan fingerprint density at radius 2 is 1.67 bits per heavy atom. The number of nitriles is 1. The van der Waals surface area contributed by atoms with Gasteiger partial charge < -0.3 is 5.73 Å². The standard InChI is InChI=1S/C18H21N3O2S/c19-11-4-12-21(14-17-5-2-1-3-6-17)24(22,23)15-18-9-7-16(13-20)8-10-18/h1-3,5-10H,4,11-12,14-15,19H2. The zero-order valence-electron chi connectivity index (χ0n) is 13.4. The van der Waals surface area contributed by atoms with Gasteiger partial charge in [0, 0.05) is 13.1 Å². The van der Waals surface area contributed by atoms with Crippen molar-refractivity contribution >= 4 is 10.0 Å². The second kappa shape index (κ2) is 8.60. The maximum absolute atomic E-state index is 12.8. The van der Waals surface area contributed by atoms with Gasteiger partial charge in [-0.1, -0.05) is 42.5 Å². The van der Waals surface area contributed by atoms with Crippen LogP contribution in [0.4, 0.5) is 0 Å². The minimum absolute atomic E-state index is 0.0872. The van der Waals surface area contributed by atoms with Crippen LogP contribution in [0.3, 0.4) is 0 Å². The first kappa shape index (κ1) is 18.1. The Labute approximate surface area is 143 Å². The molecular weight excluding hydrogens is 322 g/mol. The normalized spacial score (nSPS) is 11.4. The van der Waals surface area contributed by atoms with Gasteiger partial charge in [-0.3, -0.25) is 0 Å². The summed E-state index contributed by atoms with van der Waals surface area (Å²) in [5.41, 5.74) is 7.67. The van der Waals surface area contributed by atoms with Crippen LogP contribution >= 0.6 is 0 Å². The van der Waals surface area contributed by atoms with Gasteiger partial charge >= 0.3 is 0 Å². The summed E-state index contributed by atoms with van der Waals surface area (Å²) in [4.78, 5) is 0. The Balaban J connectivity index is 2.17. The van der Waals surface area contributed by atoms with Crippen LogP contribution in [0.2, 0.25) is 0 Å². The smallest absolute Gasteiger partial charge is 0.218 e. The SMILES string of the molecule is N#Cc1ccc(CS(=O)(=O)N(CCCN)Cc2ccccc2)cc1. The van der Waals surface area contributed by atoms with Gasteiger partial charge in [-0.05, 0) is 36.2 Å². The zero-order chi connectivity index (χ0) is 17.4. The van der Waals surface area contributed by atoms with Gasteiger partial charge in [-0.25, -0.2) is 8.42 Å². The Morgan fingerprint density at radius 3 is 2.25 bits per heavy atom. The highest BCUT2D eigenvalue weighted by atomic mass is 32.2. The van der Waals surface area contributed by atoms with Gasteiger partial charge in [0.15, 0.2) is 0 Å². The van der Waals surface area contributed by atoms with Gasteiger partial charge in [0.1, 0.15) is 0 Å². The molecule has 126 valence electrons. The number of sulfonamides is 1. The van der Waals surface area contributed by atoms with Crippen molar-refractivity contribution in [2.24, 2.45) is 5.73 Å². The molecule has 0 bridgehead atoms. The van der Waals surface area contributed by atoms with Crippen molar-refractivity contribution in [2.75, 3.05) is 13.1 Å². The van der Waals surface area contributed by atoms with E-state index < -0.39 is 10.0 Å². The van der Waals surface area contributed by atoms with E-state index in [-0.39, 0.29) is 5.75 Å². The summed E-state index contributed by atoms with van der Waals surface area (Å²) >= 11 is 0. The van der Waals surface area contributed by atoms with Gasteiger partial charge in [0.05, 0.1) is 17.4 Å². The lowest BCUT2D eigenvalue weighted by molar-refractivity contribution is 0.401. The predicted molar refractivity (Wildman–Crippen MR) is 94.3 cm³/mol. The first-order valence-corrected chi connectivity index (χ1v) is 9.37. The van der Waals surface area contributed by atoms with Crippen molar-refractivity contribution in [3.63, 3.8) is 0 Å². The first-order valence-electron chi connectivity index (χ1n) is 7.76. The lowest BCUT2D eigenvalue weighted by atomic mass is 10.2. The van der Waals surface area contributed by atoms with E-state index in [1.165, 1.54) is 4.31 Å². The molecule has 2 N–H and O–H groups in total. The summed E-state index contributed by atoms with van der Waals surface area (Å²) in [6.07, 6.45) is 0.611. The van der Waals surface area contributed by atoms with Crippen LogP contribution in [0.25, 0.3) is 0 Å². The Bertz CT molecular complexity index is 781. The highest BCUT2D eigenvalue weighted by Crippen LogP contribution is 2.15. The van der Waals surface area contributed by atoms with E-state index >= 15 is 0 Å². The average molecular weight is 343 g/mol. The van der Waals surface area contributed by atoms with Gasteiger partial charge in [0.25, 0.3) is 0 Å². The molecule has 0 aliphatic heterocycles. The topological polar surface area (TPSA) is 87.2 Å². The number of benzene rings is 2. The van der Waals surface area contributed by atoms with Crippen molar-refractivity contribution < 1.29 is 8.42 Å². The molecule has 0 saturated heterocycles. The molecule has 24 heavy (non-hydrogen) atoms. The number of hydrogen-bond donors (Lipinski definition) is 1. The highest BCUT2D eigenvalue weighted by molar-refractivity contribution is 7.88. The van der Waals surface area contributed by atoms with E-state index in [0.717, 1.165) is 5.56 Å². The van der Waals surface area contributed by atoms with Gasteiger partial charge in [-0.15, -0.1) is 0 Å². The van der Waals surface area contributed by atoms with Crippen molar-refractivity contribution in [1.29, 1.82) is 5.26 Å².